The minimum Gasteiger partial charge on any atom is -0.274 e. The smallest absolute Gasteiger partial charge is 0.264 e. The van der Waals surface area contributed by atoms with E-state index in [4.69, 9.17) is 0 Å². The summed E-state index contributed by atoms with van der Waals surface area (Å²) >= 11 is 0. The van der Waals surface area contributed by atoms with Crippen molar-refractivity contribution in [2.24, 2.45) is 0 Å². The first-order chi connectivity index (χ1) is 7.66. The van der Waals surface area contributed by atoms with Gasteiger partial charge in [0.2, 0.25) is 5.91 Å². The molecular formula is C13H21NO3S. The molecule has 0 aliphatic carbocycles. The Labute approximate surface area is 109 Å². The number of benzene rings is 1. The first-order valence-corrected chi connectivity index (χ1v) is 6.76. The monoisotopic (exact) mass is 271 g/mol. The third-order valence-corrected chi connectivity index (χ3v) is 4.55. The van der Waals surface area contributed by atoms with Crippen LogP contribution in [0.4, 0.5) is 0 Å². The second kappa shape index (κ2) is 5.52. The van der Waals surface area contributed by atoms with Crippen LogP contribution in [-0.2, 0) is 14.8 Å². The highest BCUT2D eigenvalue weighted by atomic mass is 32.2. The van der Waals surface area contributed by atoms with Crippen molar-refractivity contribution < 1.29 is 13.2 Å². The number of rotatable bonds is 2. The summed E-state index contributed by atoms with van der Waals surface area (Å²) in [5.41, 5.74) is 3.32. The maximum absolute atomic E-state index is 12.0. The summed E-state index contributed by atoms with van der Waals surface area (Å²) in [7, 11) is -3.76. The average molecular weight is 271 g/mol. The lowest BCUT2D eigenvalue weighted by Gasteiger charge is -2.15. The molecule has 18 heavy (non-hydrogen) atoms. The van der Waals surface area contributed by atoms with E-state index < -0.39 is 15.9 Å². The van der Waals surface area contributed by atoms with Crippen LogP contribution in [0.25, 0.3) is 0 Å². The number of carbonyl (C=O) groups excluding carboxylic acids is 1. The molecule has 0 saturated carbocycles. The minimum atomic E-state index is -3.76. The largest absolute Gasteiger partial charge is 0.274 e. The maximum atomic E-state index is 12.0. The van der Waals surface area contributed by atoms with E-state index in [-0.39, 0.29) is 12.3 Å². The molecule has 0 spiro atoms. The summed E-state index contributed by atoms with van der Waals surface area (Å²) in [4.78, 5) is 11.1. The van der Waals surface area contributed by atoms with Crippen molar-refractivity contribution >= 4 is 15.9 Å². The highest BCUT2D eigenvalue weighted by molar-refractivity contribution is 7.90. The van der Waals surface area contributed by atoms with Crippen molar-refractivity contribution in [2.45, 2.75) is 46.9 Å². The van der Waals surface area contributed by atoms with Gasteiger partial charge in [-0.25, -0.2) is 13.1 Å². The van der Waals surface area contributed by atoms with E-state index in [0.29, 0.717) is 11.1 Å². The molecule has 1 aromatic rings. The minimum absolute atomic E-state index is 0. The van der Waals surface area contributed by atoms with E-state index in [1.165, 1.54) is 6.92 Å². The Bertz CT molecular complexity index is 574. The van der Waals surface area contributed by atoms with Gasteiger partial charge in [-0.05, 0) is 49.9 Å². The second-order valence-corrected chi connectivity index (χ2v) is 5.87. The molecule has 0 aromatic heterocycles. The van der Waals surface area contributed by atoms with Gasteiger partial charge in [-0.2, -0.15) is 0 Å². The number of nitrogens with one attached hydrogen (secondary N) is 1. The maximum Gasteiger partial charge on any atom is 0.264 e. The standard InChI is InChI=1S/C12H17NO3S.CH4/c1-7-6-8(2)12(10(4)9(7)3)17(15,16)13-11(5)14;/h6H,1-5H3,(H,13,14);1H4. The van der Waals surface area contributed by atoms with Crippen molar-refractivity contribution in [3.8, 4) is 0 Å². The lowest BCUT2D eigenvalue weighted by molar-refractivity contribution is -0.117. The molecule has 0 aliphatic heterocycles. The summed E-state index contributed by atoms with van der Waals surface area (Å²) < 4.78 is 26.0. The fraction of sp³-hybridized carbons (Fsp3) is 0.462. The van der Waals surface area contributed by atoms with Crippen molar-refractivity contribution in [1.29, 1.82) is 0 Å². The summed E-state index contributed by atoms with van der Waals surface area (Å²) in [6, 6.07) is 1.82. The molecule has 0 heterocycles. The summed E-state index contributed by atoms with van der Waals surface area (Å²) in [6.45, 7) is 8.47. The van der Waals surface area contributed by atoms with Crippen molar-refractivity contribution in [1.82, 2.24) is 4.72 Å². The second-order valence-electron chi connectivity index (χ2n) is 4.25. The van der Waals surface area contributed by atoms with Gasteiger partial charge in [0, 0.05) is 6.92 Å². The van der Waals surface area contributed by atoms with Gasteiger partial charge in [0.25, 0.3) is 10.0 Å². The zero-order valence-electron chi connectivity index (χ0n) is 10.7. The van der Waals surface area contributed by atoms with E-state index in [9.17, 15) is 13.2 Å². The average Bonchev–Trinajstić information content (AvgIpc) is 2.11. The Hall–Kier alpha value is -1.36. The van der Waals surface area contributed by atoms with Gasteiger partial charge < -0.3 is 0 Å². The molecule has 1 rings (SSSR count). The zero-order valence-corrected chi connectivity index (χ0v) is 11.5. The van der Waals surface area contributed by atoms with E-state index in [0.717, 1.165) is 11.1 Å². The van der Waals surface area contributed by atoms with Crippen molar-refractivity contribution in [3.63, 3.8) is 0 Å². The molecule has 0 aliphatic rings. The predicted octanol–water partition coefficient (Wildman–Crippen LogP) is 2.38. The highest BCUT2D eigenvalue weighted by Gasteiger charge is 2.22. The van der Waals surface area contributed by atoms with Gasteiger partial charge in [-0.1, -0.05) is 13.5 Å². The molecule has 1 N–H and O–H groups in total. The van der Waals surface area contributed by atoms with Crippen LogP contribution >= 0.6 is 0 Å². The van der Waals surface area contributed by atoms with E-state index in [1.807, 2.05) is 24.6 Å². The molecule has 102 valence electrons. The molecule has 0 saturated heterocycles. The van der Waals surface area contributed by atoms with Crippen LogP contribution in [0.3, 0.4) is 0 Å². The Morgan fingerprint density at radius 3 is 2.00 bits per heavy atom. The lowest BCUT2D eigenvalue weighted by atomic mass is 10.0. The summed E-state index contributed by atoms with van der Waals surface area (Å²) in [5.74, 6) is -0.581. The molecule has 1 aromatic carbocycles. The Balaban J connectivity index is 0.00000289. The molecule has 4 nitrogen and oxygen atoms in total. The highest BCUT2D eigenvalue weighted by Crippen LogP contribution is 2.25. The predicted molar refractivity (Wildman–Crippen MR) is 73.1 cm³/mol. The molecule has 0 unspecified atom stereocenters. The van der Waals surface area contributed by atoms with Crippen molar-refractivity contribution in [2.75, 3.05) is 0 Å². The normalized spacial score (nSPS) is 10.7. The Morgan fingerprint density at radius 2 is 1.56 bits per heavy atom. The molecule has 5 heteroatoms. The van der Waals surface area contributed by atoms with E-state index >= 15 is 0 Å². The van der Waals surface area contributed by atoms with Gasteiger partial charge in [0.15, 0.2) is 0 Å². The molecule has 0 atom stereocenters. The number of hydrogen-bond donors (Lipinski definition) is 1. The summed E-state index contributed by atoms with van der Waals surface area (Å²) in [6.07, 6.45) is 0. The molecular weight excluding hydrogens is 250 g/mol. The SMILES string of the molecule is C.CC(=O)NS(=O)(=O)c1c(C)cc(C)c(C)c1C. The first kappa shape index (κ1) is 16.6. The third-order valence-electron chi connectivity index (χ3n) is 2.83. The van der Waals surface area contributed by atoms with Crippen LogP contribution in [0.5, 0.6) is 0 Å². The number of amides is 1. The fourth-order valence-corrected chi connectivity index (χ4v) is 3.43. The van der Waals surface area contributed by atoms with Gasteiger partial charge >= 0.3 is 0 Å². The number of aryl methyl sites for hydroxylation is 2. The quantitative estimate of drug-likeness (QED) is 0.898. The number of sulfonamides is 1. The van der Waals surface area contributed by atoms with Gasteiger partial charge in [-0.15, -0.1) is 0 Å². The molecule has 0 fully saturated rings. The topological polar surface area (TPSA) is 63.2 Å². The molecule has 1 amide bonds. The summed E-state index contributed by atoms with van der Waals surface area (Å²) in [5, 5.41) is 0. The van der Waals surface area contributed by atoms with Crippen LogP contribution in [-0.4, -0.2) is 14.3 Å². The molecule has 0 bridgehead atoms. The lowest BCUT2D eigenvalue weighted by Crippen LogP contribution is -2.29. The van der Waals surface area contributed by atoms with Crippen LogP contribution in [0, 0.1) is 27.7 Å². The van der Waals surface area contributed by atoms with Gasteiger partial charge in [0.1, 0.15) is 0 Å². The number of carbonyl (C=O) groups is 1. The Kier molecular flexibility index (Phi) is 5.10. The van der Waals surface area contributed by atoms with Crippen LogP contribution in [0.1, 0.15) is 36.6 Å². The number of hydrogen-bond acceptors (Lipinski definition) is 3. The van der Waals surface area contributed by atoms with Gasteiger partial charge in [0.05, 0.1) is 4.90 Å². The van der Waals surface area contributed by atoms with Crippen LogP contribution < -0.4 is 4.72 Å². The molecule has 0 radical (unpaired) electrons. The van der Waals surface area contributed by atoms with E-state index in [1.54, 1.807) is 13.8 Å². The zero-order chi connectivity index (χ0) is 13.4. The van der Waals surface area contributed by atoms with Crippen LogP contribution in [0.15, 0.2) is 11.0 Å². The fourth-order valence-electron chi connectivity index (χ4n) is 1.91. The Morgan fingerprint density at radius 1 is 1.06 bits per heavy atom. The van der Waals surface area contributed by atoms with Crippen LogP contribution in [0.2, 0.25) is 0 Å². The first-order valence-electron chi connectivity index (χ1n) is 5.27. The third kappa shape index (κ3) is 3.10. The van der Waals surface area contributed by atoms with Crippen molar-refractivity contribution in [3.05, 3.63) is 28.3 Å². The van der Waals surface area contributed by atoms with E-state index in [2.05, 4.69) is 0 Å². The van der Waals surface area contributed by atoms with Gasteiger partial charge in [-0.3, -0.25) is 4.79 Å².